The van der Waals surface area contributed by atoms with Crippen molar-refractivity contribution in [2.45, 2.75) is 6.42 Å². The van der Waals surface area contributed by atoms with Gasteiger partial charge in [0.25, 0.3) is 0 Å². The Hall–Kier alpha value is -0.980. The van der Waals surface area contributed by atoms with Gasteiger partial charge in [-0.15, -0.1) is 12.4 Å². The summed E-state index contributed by atoms with van der Waals surface area (Å²) >= 11 is 0. The fraction of sp³-hybridized carbons (Fsp3) is 0.222. The maximum Gasteiger partial charge on any atom is 0.371 e. The molecule has 1 aromatic rings. The molecule has 0 saturated heterocycles. The Morgan fingerprint density at radius 3 is 2.12 bits per heavy atom. The molecule has 1 aromatic carbocycles. The molecule has 16 heavy (non-hydrogen) atoms. The molecule has 0 fully saturated rings. The van der Waals surface area contributed by atoms with Crippen LogP contribution in [0.15, 0.2) is 24.3 Å². The van der Waals surface area contributed by atoms with Crippen LogP contribution in [0.5, 0.6) is 0 Å². The lowest BCUT2D eigenvalue weighted by atomic mass is 10.1. The number of nitrogens with two attached hydrogens (primary N) is 1. The van der Waals surface area contributed by atoms with Gasteiger partial charge in [-0.05, 0) is 30.7 Å². The van der Waals surface area contributed by atoms with E-state index in [9.17, 15) is 17.1 Å². The number of hydrogen-bond donors (Lipinski definition) is 1. The van der Waals surface area contributed by atoms with Gasteiger partial charge in [0.15, 0.2) is 0 Å². The largest absolute Gasteiger partial charge is 0.371 e. The number of hydrogen-bond acceptors (Lipinski definition) is 4. The van der Waals surface area contributed by atoms with Crippen molar-refractivity contribution in [3.05, 3.63) is 35.4 Å². The smallest absolute Gasteiger partial charge is 0.330 e. The predicted molar refractivity (Wildman–Crippen MR) is 60.8 cm³/mol. The zero-order valence-electron chi connectivity index (χ0n) is 8.22. The van der Waals surface area contributed by atoms with E-state index < -0.39 is 15.3 Å². The van der Waals surface area contributed by atoms with E-state index in [1.54, 1.807) is 12.1 Å². The van der Waals surface area contributed by atoms with Gasteiger partial charge in [0.1, 0.15) is 0 Å². The van der Waals surface area contributed by atoms with Crippen molar-refractivity contribution in [1.29, 1.82) is 0 Å². The molecule has 0 aliphatic carbocycles. The minimum atomic E-state index is -5.14. The normalized spacial score (nSPS) is 10.6. The molecule has 1 rings (SSSR count). The summed E-state index contributed by atoms with van der Waals surface area (Å²) in [5.41, 5.74) is 5.99. The standard InChI is InChI=1S/C9H10FNO3S.ClH/c10-15(13,14)9(12)8-3-1-7(2-4-8)5-6-11;/h1-4H,5-6,11H2;1H. The minimum absolute atomic E-state index is 0. The molecule has 2 N–H and O–H groups in total. The van der Waals surface area contributed by atoms with Gasteiger partial charge < -0.3 is 5.73 Å². The SMILES string of the molecule is Cl.NCCc1ccc(C(=O)S(=O)(=O)F)cc1. The topological polar surface area (TPSA) is 77.2 Å². The lowest BCUT2D eigenvalue weighted by molar-refractivity contribution is 0.107. The Labute approximate surface area is 99.3 Å². The quantitative estimate of drug-likeness (QED) is 0.831. The van der Waals surface area contributed by atoms with E-state index in [0.717, 1.165) is 5.56 Å². The van der Waals surface area contributed by atoms with Gasteiger partial charge in [0, 0.05) is 5.56 Å². The Bertz CT molecular complexity index is 458. The van der Waals surface area contributed by atoms with Crippen LogP contribution in [0, 0.1) is 0 Å². The summed E-state index contributed by atoms with van der Waals surface area (Å²) in [6, 6.07) is 5.63. The van der Waals surface area contributed by atoms with Crippen LogP contribution in [-0.2, 0) is 16.6 Å². The molecule has 0 amide bonds. The molecule has 0 aliphatic rings. The van der Waals surface area contributed by atoms with Crippen LogP contribution in [0.2, 0.25) is 0 Å². The third-order valence-electron chi connectivity index (χ3n) is 1.84. The zero-order chi connectivity index (χ0) is 11.5. The fourth-order valence-electron chi connectivity index (χ4n) is 1.11. The highest BCUT2D eigenvalue weighted by Crippen LogP contribution is 2.09. The summed E-state index contributed by atoms with van der Waals surface area (Å²) < 4.78 is 32.9. The maximum atomic E-state index is 12.3. The van der Waals surface area contributed by atoms with Crippen LogP contribution < -0.4 is 5.73 Å². The molecular formula is C9H11ClFNO3S. The monoisotopic (exact) mass is 267 g/mol. The first-order valence-electron chi connectivity index (χ1n) is 4.23. The highest BCUT2D eigenvalue weighted by molar-refractivity contribution is 8.02. The molecule has 4 nitrogen and oxygen atoms in total. The highest BCUT2D eigenvalue weighted by Gasteiger charge is 2.22. The first-order chi connectivity index (χ1) is 6.95. The Balaban J connectivity index is 0.00000225. The molecule has 7 heteroatoms. The molecule has 0 atom stereocenters. The third-order valence-corrected chi connectivity index (χ3v) is 2.52. The van der Waals surface area contributed by atoms with Crippen molar-refractivity contribution < 1.29 is 17.1 Å². The lowest BCUT2D eigenvalue weighted by Gasteiger charge is -1.99. The van der Waals surface area contributed by atoms with Crippen molar-refractivity contribution in [1.82, 2.24) is 0 Å². The summed E-state index contributed by atoms with van der Waals surface area (Å²) in [5.74, 6) is 0. The van der Waals surface area contributed by atoms with E-state index in [4.69, 9.17) is 5.73 Å². The van der Waals surface area contributed by atoms with Crippen LogP contribution in [0.25, 0.3) is 0 Å². The van der Waals surface area contributed by atoms with Gasteiger partial charge in [0.05, 0.1) is 0 Å². The first-order valence-corrected chi connectivity index (χ1v) is 5.61. The summed E-state index contributed by atoms with van der Waals surface area (Å²) in [6.45, 7) is 0.453. The summed E-state index contributed by atoms with van der Waals surface area (Å²) in [5, 5.41) is -1.51. The van der Waals surface area contributed by atoms with E-state index in [-0.39, 0.29) is 18.0 Å². The van der Waals surface area contributed by atoms with Crippen LogP contribution in [-0.4, -0.2) is 20.1 Å². The predicted octanol–water partition coefficient (Wildman–Crippen LogP) is 1.05. The summed E-state index contributed by atoms with van der Waals surface area (Å²) in [4.78, 5) is 10.9. The molecule has 0 aliphatic heterocycles. The highest BCUT2D eigenvalue weighted by atomic mass is 35.5. The van der Waals surface area contributed by atoms with Gasteiger partial charge in [-0.1, -0.05) is 16.0 Å². The van der Waals surface area contributed by atoms with Crippen molar-refractivity contribution in [3.63, 3.8) is 0 Å². The molecular weight excluding hydrogens is 257 g/mol. The number of halogens is 2. The van der Waals surface area contributed by atoms with Crippen LogP contribution in [0.1, 0.15) is 15.9 Å². The van der Waals surface area contributed by atoms with Crippen LogP contribution >= 0.6 is 12.4 Å². The zero-order valence-corrected chi connectivity index (χ0v) is 9.85. The second-order valence-electron chi connectivity index (χ2n) is 2.96. The molecule has 0 spiro atoms. The first kappa shape index (κ1) is 15.0. The minimum Gasteiger partial charge on any atom is -0.330 e. The molecule has 0 bridgehead atoms. The Morgan fingerprint density at radius 2 is 1.75 bits per heavy atom. The second-order valence-corrected chi connectivity index (χ2v) is 4.21. The van der Waals surface area contributed by atoms with E-state index in [0.29, 0.717) is 13.0 Å². The van der Waals surface area contributed by atoms with E-state index >= 15 is 0 Å². The molecule has 0 aromatic heterocycles. The molecule has 90 valence electrons. The van der Waals surface area contributed by atoms with E-state index in [2.05, 4.69) is 0 Å². The van der Waals surface area contributed by atoms with Crippen LogP contribution in [0.3, 0.4) is 0 Å². The number of carbonyl (C=O) groups is 1. The average Bonchev–Trinajstić information content (AvgIpc) is 2.17. The number of rotatable bonds is 3. The maximum absolute atomic E-state index is 12.3. The van der Waals surface area contributed by atoms with E-state index in [1.165, 1.54) is 12.1 Å². The van der Waals surface area contributed by atoms with E-state index in [1.807, 2.05) is 0 Å². The van der Waals surface area contributed by atoms with Gasteiger partial charge in [-0.2, -0.15) is 8.42 Å². The van der Waals surface area contributed by atoms with Crippen molar-refractivity contribution in [3.8, 4) is 0 Å². The lowest BCUT2D eigenvalue weighted by Crippen LogP contribution is -2.09. The van der Waals surface area contributed by atoms with Crippen LogP contribution in [0.4, 0.5) is 3.89 Å². The molecule has 0 unspecified atom stereocenters. The van der Waals surface area contributed by atoms with Crippen molar-refractivity contribution in [2.75, 3.05) is 6.54 Å². The van der Waals surface area contributed by atoms with Gasteiger partial charge in [-0.3, -0.25) is 4.79 Å². The number of carbonyl (C=O) groups excluding carboxylic acids is 1. The Kier molecular flexibility index (Phi) is 5.57. The Morgan fingerprint density at radius 1 is 1.25 bits per heavy atom. The van der Waals surface area contributed by atoms with Crippen molar-refractivity contribution in [2.24, 2.45) is 5.73 Å². The van der Waals surface area contributed by atoms with Gasteiger partial charge in [-0.25, -0.2) is 0 Å². The fourth-order valence-corrected chi connectivity index (χ4v) is 1.53. The number of benzene rings is 1. The van der Waals surface area contributed by atoms with Gasteiger partial charge >= 0.3 is 15.3 Å². The molecule has 0 radical (unpaired) electrons. The second kappa shape index (κ2) is 5.93. The molecule has 0 saturated carbocycles. The van der Waals surface area contributed by atoms with Crippen molar-refractivity contribution >= 4 is 27.7 Å². The molecule has 0 heterocycles. The third kappa shape index (κ3) is 3.88. The summed E-state index contributed by atoms with van der Waals surface area (Å²) in [7, 11) is -5.14. The summed E-state index contributed by atoms with van der Waals surface area (Å²) in [6.07, 6.45) is 0.622. The average molecular weight is 268 g/mol. The van der Waals surface area contributed by atoms with Gasteiger partial charge in [0.2, 0.25) is 0 Å².